The van der Waals surface area contributed by atoms with E-state index in [1.807, 2.05) is 68.3 Å². The van der Waals surface area contributed by atoms with E-state index in [1.54, 1.807) is 13.1 Å². The average molecular weight is 393 g/mol. The van der Waals surface area contributed by atoms with Gasteiger partial charge in [-0.3, -0.25) is 14.5 Å². The Hall–Kier alpha value is -3.17. The van der Waals surface area contributed by atoms with Crippen LogP contribution in [0.15, 0.2) is 48.5 Å². The van der Waals surface area contributed by atoms with E-state index in [0.29, 0.717) is 12.1 Å². The molecule has 152 valence electrons. The zero-order valence-electron chi connectivity index (χ0n) is 17.5. The lowest BCUT2D eigenvalue weighted by Crippen LogP contribution is -2.46. The van der Waals surface area contributed by atoms with E-state index in [2.05, 4.69) is 11.4 Å². The second-order valence-corrected chi connectivity index (χ2v) is 7.16. The Morgan fingerprint density at radius 1 is 1.14 bits per heavy atom. The number of rotatable bonds is 8. The first-order valence-corrected chi connectivity index (χ1v) is 9.67. The molecule has 0 radical (unpaired) electrons. The molecule has 1 atom stereocenters. The zero-order valence-corrected chi connectivity index (χ0v) is 17.5. The highest BCUT2D eigenvalue weighted by atomic mass is 16.2. The van der Waals surface area contributed by atoms with Crippen LogP contribution in [0, 0.1) is 11.3 Å². The average Bonchev–Trinajstić information content (AvgIpc) is 2.72. The van der Waals surface area contributed by atoms with Gasteiger partial charge in [-0.2, -0.15) is 5.26 Å². The largest absolute Gasteiger partial charge is 0.335 e. The third-order valence-corrected chi connectivity index (χ3v) is 4.94. The number of anilines is 1. The molecule has 2 aromatic rings. The van der Waals surface area contributed by atoms with Crippen molar-refractivity contribution in [3.63, 3.8) is 0 Å². The lowest BCUT2D eigenvalue weighted by Gasteiger charge is -2.28. The molecule has 0 aliphatic carbocycles. The first-order chi connectivity index (χ1) is 13.8. The summed E-state index contributed by atoms with van der Waals surface area (Å²) in [6, 6.07) is 16.7. The number of likely N-dealkylation sites (N-methyl/N-ethyl adjacent to an activating group) is 2. The minimum atomic E-state index is -0.401. The highest BCUT2D eigenvalue weighted by Crippen LogP contribution is 2.15. The fraction of sp³-hybridized carbons (Fsp3) is 0.348. The van der Waals surface area contributed by atoms with Gasteiger partial charge in [0, 0.05) is 19.3 Å². The lowest BCUT2D eigenvalue weighted by molar-refractivity contribution is -0.137. The molecule has 0 saturated heterocycles. The van der Waals surface area contributed by atoms with Gasteiger partial charge in [-0.1, -0.05) is 37.3 Å². The van der Waals surface area contributed by atoms with Crippen LogP contribution in [-0.4, -0.2) is 48.3 Å². The van der Waals surface area contributed by atoms with Crippen molar-refractivity contribution in [2.45, 2.75) is 32.9 Å². The SMILES string of the molecule is CCc1ccccc1NC(=O)CN(C)C(=O)[C@H](C)N(C)Cc1cccc(C#N)c1. The summed E-state index contributed by atoms with van der Waals surface area (Å²) in [4.78, 5) is 28.5. The molecule has 0 unspecified atom stereocenters. The molecule has 0 spiro atoms. The maximum atomic E-state index is 12.8. The number of nitrogens with one attached hydrogen (secondary N) is 1. The third kappa shape index (κ3) is 6.16. The normalized spacial score (nSPS) is 11.6. The number of nitrogens with zero attached hydrogens (tertiary/aromatic N) is 3. The van der Waals surface area contributed by atoms with Crippen LogP contribution in [0.25, 0.3) is 0 Å². The van der Waals surface area contributed by atoms with Gasteiger partial charge in [-0.05, 0) is 49.7 Å². The molecule has 2 amide bonds. The summed E-state index contributed by atoms with van der Waals surface area (Å²) in [6.07, 6.45) is 0.819. The number of hydrogen-bond acceptors (Lipinski definition) is 4. The van der Waals surface area contributed by atoms with Gasteiger partial charge in [0.05, 0.1) is 24.2 Å². The maximum absolute atomic E-state index is 12.8. The summed E-state index contributed by atoms with van der Waals surface area (Å²) < 4.78 is 0. The van der Waals surface area contributed by atoms with Crippen LogP contribution >= 0.6 is 0 Å². The van der Waals surface area contributed by atoms with Crippen LogP contribution in [0.2, 0.25) is 0 Å². The summed E-state index contributed by atoms with van der Waals surface area (Å²) in [7, 11) is 3.49. The highest BCUT2D eigenvalue weighted by Gasteiger charge is 2.23. The fourth-order valence-corrected chi connectivity index (χ4v) is 3.11. The third-order valence-electron chi connectivity index (χ3n) is 4.94. The van der Waals surface area contributed by atoms with Gasteiger partial charge in [0.2, 0.25) is 11.8 Å². The van der Waals surface area contributed by atoms with Gasteiger partial charge in [-0.25, -0.2) is 0 Å². The van der Waals surface area contributed by atoms with Crippen LogP contribution in [0.4, 0.5) is 5.69 Å². The Labute approximate surface area is 172 Å². The van der Waals surface area contributed by atoms with Crippen molar-refractivity contribution in [1.82, 2.24) is 9.80 Å². The summed E-state index contributed by atoms with van der Waals surface area (Å²) in [5.41, 5.74) is 3.39. The first-order valence-electron chi connectivity index (χ1n) is 9.67. The zero-order chi connectivity index (χ0) is 21.4. The van der Waals surface area contributed by atoms with E-state index in [1.165, 1.54) is 4.90 Å². The van der Waals surface area contributed by atoms with Crippen LogP contribution in [0.1, 0.15) is 30.5 Å². The lowest BCUT2D eigenvalue weighted by atomic mass is 10.1. The van der Waals surface area contributed by atoms with Crippen LogP contribution in [0.3, 0.4) is 0 Å². The second kappa shape index (κ2) is 10.4. The van der Waals surface area contributed by atoms with E-state index >= 15 is 0 Å². The van der Waals surface area contributed by atoms with Gasteiger partial charge in [0.15, 0.2) is 0 Å². The summed E-state index contributed by atoms with van der Waals surface area (Å²) >= 11 is 0. The number of amides is 2. The van der Waals surface area contributed by atoms with Gasteiger partial charge < -0.3 is 10.2 Å². The molecular weight excluding hydrogens is 364 g/mol. The molecule has 0 aliphatic rings. The maximum Gasteiger partial charge on any atom is 0.243 e. The van der Waals surface area contributed by atoms with Crippen molar-refractivity contribution in [3.8, 4) is 6.07 Å². The molecule has 0 aliphatic heterocycles. The topological polar surface area (TPSA) is 76.4 Å². The molecule has 0 saturated carbocycles. The molecule has 0 bridgehead atoms. The standard InChI is InChI=1S/C23H28N4O2/c1-5-20-11-6-7-12-21(20)25-22(28)16-27(4)23(29)17(2)26(3)15-19-10-8-9-18(13-19)14-24/h6-13,17H,5,15-16H2,1-4H3,(H,25,28)/t17-/m0/s1. The van der Waals surface area contributed by atoms with Crippen molar-refractivity contribution >= 4 is 17.5 Å². The van der Waals surface area contributed by atoms with E-state index in [4.69, 9.17) is 5.26 Å². The second-order valence-electron chi connectivity index (χ2n) is 7.16. The minimum Gasteiger partial charge on any atom is -0.335 e. The molecule has 6 heteroatoms. The Morgan fingerprint density at radius 3 is 2.55 bits per heavy atom. The Kier molecular flexibility index (Phi) is 7.93. The van der Waals surface area contributed by atoms with Crippen LogP contribution in [-0.2, 0) is 22.6 Å². The monoisotopic (exact) mass is 392 g/mol. The number of para-hydroxylation sites is 1. The number of benzene rings is 2. The first kappa shape index (κ1) is 22.1. The minimum absolute atomic E-state index is 0.0149. The van der Waals surface area contributed by atoms with Crippen molar-refractivity contribution in [2.24, 2.45) is 0 Å². The van der Waals surface area contributed by atoms with Crippen molar-refractivity contribution in [3.05, 3.63) is 65.2 Å². The van der Waals surface area contributed by atoms with Crippen molar-refractivity contribution in [2.75, 3.05) is 26.0 Å². The molecular formula is C23H28N4O2. The molecule has 1 N–H and O–H groups in total. The molecule has 0 heterocycles. The predicted octanol–water partition coefficient (Wildman–Crippen LogP) is 3.04. The molecule has 0 aromatic heterocycles. The Bertz CT molecular complexity index is 904. The van der Waals surface area contributed by atoms with Gasteiger partial charge in [0.25, 0.3) is 0 Å². The van der Waals surface area contributed by atoms with Crippen molar-refractivity contribution in [1.29, 1.82) is 5.26 Å². The van der Waals surface area contributed by atoms with Gasteiger partial charge in [-0.15, -0.1) is 0 Å². The van der Waals surface area contributed by atoms with Gasteiger partial charge >= 0.3 is 0 Å². The fourth-order valence-electron chi connectivity index (χ4n) is 3.11. The van der Waals surface area contributed by atoms with E-state index in [9.17, 15) is 9.59 Å². The van der Waals surface area contributed by atoms with Crippen LogP contribution < -0.4 is 5.32 Å². The summed E-state index contributed by atoms with van der Waals surface area (Å²) in [5.74, 6) is -0.360. The predicted molar refractivity (Wildman–Crippen MR) is 114 cm³/mol. The van der Waals surface area contributed by atoms with Gasteiger partial charge in [0.1, 0.15) is 0 Å². The molecule has 0 fully saturated rings. The quantitative estimate of drug-likeness (QED) is 0.749. The molecule has 29 heavy (non-hydrogen) atoms. The van der Waals surface area contributed by atoms with Crippen molar-refractivity contribution < 1.29 is 9.59 Å². The highest BCUT2D eigenvalue weighted by molar-refractivity contribution is 5.95. The smallest absolute Gasteiger partial charge is 0.243 e. The van der Waals surface area contributed by atoms with E-state index in [-0.39, 0.29) is 18.4 Å². The summed E-state index contributed by atoms with van der Waals surface area (Å²) in [5, 5.41) is 11.9. The summed E-state index contributed by atoms with van der Waals surface area (Å²) in [6.45, 7) is 4.37. The number of hydrogen-bond donors (Lipinski definition) is 1. The number of carbonyl (C=O) groups is 2. The van der Waals surface area contributed by atoms with Crippen LogP contribution in [0.5, 0.6) is 0 Å². The number of nitriles is 1. The molecule has 2 rings (SSSR count). The molecule has 6 nitrogen and oxygen atoms in total. The Morgan fingerprint density at radius 2 is 1.86 bits per heavy atom. The number of aryl methyl sites for hydroxylation is 1. The number of carbonyl (C=O) groups excluding carboxylic acids is 2. The Balaban J connectivity index is 1.93. The van der Waals surface area contributed by atoms with E-state index < -0.39 is 6.04 Å². The molecule has 2 aromatic carbocycles. The van der Waals surface area contributed by atoms with E-state index in [0.717, 1.165) is 23.2 Å².